The highest BCUT2D eigenvalue weighted by Crippen LogP contribution is 1.74. The minimum absolute atomic E-state index is 1.04. The van der Waals surface area contributed by atoms with Crippen LogP contribution in [0.5, 0.6) is 0 Å². The lowest BCUT2D eigenvalue weighted by Gasteiger charge is -1.96. The van der Waals surface area contributed by atoms with Gasteiger partial charge in [-0.1, -0.05) is 15.9 Å². The lowest BCUT2D eigenvalue weighted by Crippen LogP contribution is -2.51. The highest BCUT2D eigenvalue weighted by Gasteiger charge is 1.83. The zero-order chi connectivity index (χ0) is 6.24. The minimum Gasteiger partial charge on any atom is -0.358 e. The first-order chi connectivity index (χ1) is 3.91. The average molecular weight is 182 g/mol. The van der Waals surface area contributed by atoms with Crippen LogP contribution < -0.4 is 11.1 Å². The molecule has 0 heterocycles. The third-order valence-electron chi connectivity index (χ3n) is 0.875. The van der Waals surface area contributed by atoms with E-state index in [0.29, 0.717) is 0 Å². The fraction of sp³-hybridized carbons (Fsp3) is 1.00. The summed E-state index contributed by atoms with van der Waals surface area (Å²) in [6, 6.07) is 0. The molecule has 0 atom stereocenters. The average Bonchev–Trinajstić information content (AvgIpc) is 1.81. The maximum Gasteiger partial charge on any atom is 0.0752 e. The Labute approximate surface area is 59.0 Å². The van der Waals surface area contributed by atoms with Crippen molar-refractivity contribution in [3.05, 3.63) is 0 Å². The van der Waals surface area contributed by atoms with Gasteiger partial charge >= 0.3 is 0 Å². The van der Waals surface area contributed by atoms with Crippen molar-refractivity contribution in [1.29, 1.82) is 0 Å². The number of nitrogens with one attached hydrogen (secondary N) is 1. The molecule has 0 aliphatic carbocycles. The van der Waals surface area contributed by atoms with Gasteiger partial charge in [0, 0.05) is 24.8 Å². The predicted octanol–water partition coefficient (Wildman–Crippen LogP) is -0.397. The SMILES string of the molecule is [NH3+]CCCNCCBr. The maximum absolute atomic E-state index is 3.73. The Kier molecular flexibility index (Phi) is 7.77. The largest absolute Gasteiger partial charge is 0.358 e. The Balaban J connectivity index is 2.53. The van der Waals surface area contributed by atoms with E-state index in [9.17, 15) is 0 Å². The van der Waals surface area contributed by atoms with Crippen LogP contribution in [0.25, 0.3) is 0 Å². The molecular formula is C5H14BrN2+. The normalized spacial score (nSPS) is 9.75. The second-order valence-corrected chi connectivity index (χ2v) is 2.44. The summed E-state index contributed by atoms with van der Waals surface area (Å²) in [5.74, 6) is 0. The molecule has 0 bridgehead atoms. The number of halogens is 1. The number of hydrogen-bond donors (Lipinski definition) is 2. The van der Waals surface area contributed by atoms with Gasteiger partial charge in [-0.3, -0.25) is 0 Å². The van der Waals surface area contributed by atoms with Gasteiger partial charge in [-0.2, -0.15) is 0 Å². The van der Waals surface area contributed by atoms with E-state index in [0.717, 1.165) is 25.0 Å². The van der Waals surface area contributed by atoms with E-state index in [1.807, 2.05) is 0 Å². The van der Waals surface area contributed by atoms with Gasteiger partial charge in [0.15, 0.2) is 0 Å². The van der Waals surface area contributed by atoms with Crippen molar-refractivity contribution in [2.75, 3.05) is 25.0 Å². The molecule has 0 fully saturated rings. The first kappa shape index (κ1) is 8.40. The molecule has 8 heavy (non-hydrogen) atoms. The van der Waals surface area contributed by atoms with E-state index < -0.39 is 0 Å². The Morgan fingerprint density at radius 2 is 2.12 bits per heavy atom. The van der Waals surface area contributed by atoms with Crippen molar-refractivity contribution in [1.82, 2.24) is 5.32 Å². The van der Waals surface area contributed by atoms with Gasteiger partial charge in [0.2, 0.25) is 0 Å². The van der Waals surface area contributed by atoms with E-state index in [1.165, 1.54) is 6.42 Å². The van der Waals surface area contributed by atoms with Crippen LogP contribution in [0.1, 0.15) is 6.42 Å². The zero-order valence-electron chi connectivity index (χ0n) is 5.12. The second-order valence-electron chi connectivity index (χ2n) is 1.65. The van der Waals surface area contributed by atoms with Crippen LogP contribution in [0.2, 0.25) is 0 Å². The monoisotopic (exact) mass is 181 g/mol. The number of alkyl halides is 1. The number of quaternary nitrogens is 1. The van der Waals surface area contributed by atoms with Gasteiger partial charge in [0.05, 0.1) is 6.54 Å². The zero-order valence-corrected chi connectivity index (χ0v) is 6.71. The predicted molar refractivity (Wildman–Crippen MR) is 39.0 cm³/mol. The molecule has 0 aliphatic heterocycles. The number of rotatable bonds is 5. The van der Waals surface area contributed by atoms with Crippen LogP contribution in [0.15, 0.2) is 0 Å². The van der Waals surface area contributed by atoms with Crippen molar-refractivity contribution in [2.45, 2.75) is 6.42 Å². The molecule has 0 radical (unpaired) electrons. The summed E-state index contributed by atoms with van der Waals surface area (Å²) in [6.45, 7) is 3.21. The molecule has 50 valence electrons. The molecule has 0 saturated heterocycles. The summed E-state index contributed by atoms with van der Waals surface area (Å²) in [5, 5.41) is 4.29. The van der Waals surface area contributed by atoms with Crippen molar-refractivity contribution in [3.63, 3.8) is 0 Å². The highest BCUT2D eigenvalue weighted by atomic mass is 79.9. The van der Waals surface area contributed by atoms with Crippen molar-refractivity contribution in [2.24, 2.45) is 0 Å². The summed E-state index contributed by atoms with van der Waals surface area (Å²) in [7, 11) is 0. The quantitative estimate of drug-likeness (QED) is 0.441. The summed E-state index contributed by atoms with van der Waals surface area (Å²) >= 11 is 3.32. The molecule has 0 aliphatic rings. The molecule has 0 saturated carbocycles. The molecule has 0 unspecified atom stereocenters. The van der Waals surface area contributed by atoms with Crippen LogP contribution >= 0.6 is 15.9 Å². The van der Waals surface area contributed by atoms with Crippen molar-refractivity contribution < 1.29 is 5.73 Å². The fourth-order valence-corrected chi connectivity index (χ4v) is 0.722. The smallest absolute Gasteiger partial charge is 0.0752 e. The lowest BCUT2D eigenvalue weighted by atomic mass is 10.4. The molecule has 0 amide bonds. The third-order valence-corrected chi connectivity index (χ3v) is 1.27. The highest BCUT2D eigenvalue weighted by molar-refractivity contribution is 9.09. The van der Waals surface area contributed by atoms with Gasteiger partial charge in [-0.25, -0.2) is 0 Å². The molecular weight excluding hydrogens is 168 g/mol. The van der Waals surface area contributed by atoms with E-state index in [-0.39, 0.29) is 0 Å². The molecule has 3 heteroatoms. The second kappa shape index (κ2) is 7.40. The standard InChI is InChI=1S/C5H13BrN2/c6-2-5-8-4-1-3-7/h8H,1-5,7H2/p+1. The van der Waals surface area contributed by atoms with E-state index in [4.69, 9.17) is 0 Å². The molecule has 0 aromatic carbocycles. The molecule has 2 nitrogen and oxygen atoms in total. The lowest BCUT2D eigenvalue weighted by molar-refractivity contribution is -0.367. The van der Waals surface area contributed by atoms with Gasteiger partial charge in [-0.05, 0) is 0 Å². The molecule has 0 spiro atoms. The van der Waals surface area contributed by atoms with E-state index >= 15 is 0 Å². The third kappa shape index (κ3) is 6.40. The Bertz CT molecular complexity index is 35.4. The summed E-state index contributed by atoms with van der Waals surface area (Å²) < 4.78 is 0. The van der Waals surface area contributed by atoms with Gasteiger partial charge in [0.1, 0.15) is 0 Å². The summed E-state index contributed by atoms with van der Waals surface area (Å²) in [5.41, 5.74) is 3.73. The first-order valence-corrected chi connectivity index (χ1v) is 4.10. The van der Waals surface area contributed by atoms with E-state index in [2.05, 4.69) is 27.0 Å². The van der Waals surface area contributed by atoms with Crippen LogP contribution in [0, 0.1) is 0 Å². The Morgan fingerprint density at radius 1 is 1.38 bits per heavy atom. The summed E-state index contributed by atoms with van der Waals surface area (Å²) in [6.07, 6.45) is 1.19. The van der Waals surface area contributed by atoms with Crippen molar-refractivity contribution in [3.8, 4) is 0 Å². The van der Waals surface area contributed by atoms with Crippen molar-refractivity contribution >= 4 is 15.9 Å². The first-order valence-electron chi connectivity index (χ1n) is 2.97. The topological polar surface area (TPSA) is 39.7 Å². The Hall–Kier alpha value is 0.400. The van der Waals surface area contributed by atoms with E-state index in [1.54, 1.807) is 0 Å². The van der Waals surface area contributed by atoms with Gasteiger partial charge < -0.3 is 11.1 Å². The Morgan fingerprint density at radius 3 is 2.62 bits per heavy atom. The molecule has 4 N–H and O–H groups in total. The molecule has 0 aromatic rings. The van der Waals surface area contributed by atoms with Gasteiger partial charge in [0.25, 0.3) is 0 Å². The van der Waals surface area contributed by atoms with Crippen LogP contribution in [0.4, 0.5) is 0 Å². The summed E-state index contributed by atoms with van der Waals surface area (Å²) in [4.78, 5) is 0. The fourth-order valence-electron chi connectivity index (χ4n) is 0.442. The van der Waals surface area contributed by atoms with Crippen LogP contribution in [0.3, 0.4) is 0 Å². The molecule has 0 aromatic heterocycles. The number of hydrogen-bond acceptors (Lipinski definition) is 1. The minimum atomic E-state index is 1.04. The van der Waals surface area contributed by atoms with Crippen LogP contribution in [-0.2, 0) is 0 Å². The van der Waals surface area contributed by atoms with Crippen LogP contribution in [-0.4, -0.2) is 25.0 Å². The maximum atomic E-state index is 3.73. The molecule has 0 rings (SSSR count). The van der Waals surface area contributed by atoms with Gasteiger partial charge in [-0.15, -0.1) is 0 Å².